The minimum atomic E-state index is 0.504. The Labute approximate surface area is 104 Å². The lowest BCUT2D eigenvalue weighted by molar-refractivity contribution is 0.171. The number of piperazine rings is 1. The SMILES string of the molecule is CCOc1ccc(C2CNCCN2CC)cc1. The van der Waals surface area contributed by atoms with Gasteiger partial charge in [0.25, 0.3) is 0 Å². The zero-order chi connectivity index (χ0) is 12.1. The summed E-state index contributed by atoms with van der Waals surface area (Å²) in [7, 11) is 0. The quantitative estimate of drug-likeness (QED) is 0.863. The van der Waals surface area contributed by atoms with E-state index in [2.05, 4.69) is 41.4 Å². The number of rotatable bonds is 4. The molecule has 0 spiro atoms. The fourth-order valence-corrected chi connectivity index (χ4v) is 2.41. The standard InChI is InChI=1S/C14H22N2O/c1-3-16-10-9-15-11-14(16)12-5-7-13(8-6-12)17-4-2/h5-8,14-15H,3-4,9-11H2,1-2H3. The van der Waals surface area contributed by atoms with Gasteiger partial charge in [0, 0.05) is 25.7 Å². The smallest absolute Gasteiger partial charge is 0.119 e. The molecule has 0 aliphatic carbocycles. The topological polar surface area (TPSA) is 24.5 Å². The van der Waals surface area contributed by atoms with E-state index in [-0.39, 0.29) is 0 Å². The maximum Gasteiger partial charge on any atom is 0.119 e. The van der Waals surface area contributed by atoms with Crippen LogP contribution in [-0.4, -0.2) is 37.7 Å². The van der Waals surface area contributed by atoms with Crippen molar-refractivity contribution in [2.75, 3.05) is 32.8 Å². The van der Waals surface area contributed by atoms with E-state index < -0.39 is 0 Å². The maximum atomic E-state index is 5.47. The Bertz CT molecular complexity index is 337. The van der Waals surface area contributed by atoms with Crippen LogP contribution in [0.5, 0.6) is 5.75 Å². The van der Waals surface area contributed by atoms with Crippen LogP contribution in [0.25, 0.3) is 0 Å². The van der Waals surface area contributed by atoms with Crippen molar-refractivity contribution in [1.29, 1.82) is 0 Å². The van der Waals surface area contributed by atoms with Gasteiger partial charge in [-0.15, -0.1) is 0 Å². The van der Waals surface area contributed by atoms with Crippen LogP contribution in [0.1, 0.15) is 25.5 Å². The lowest BCUT2D eigenvalue weighted by Crippen LogP contribution is -2.45. The minimum Gasteiger partial charge on any atom is -0.494 e. The summed E-state index contributed by atoms with van der Waals surface area (Å²) in [6, 6.07) is 9.02. The molecule has 2 rings (SSSR count). The highest BCUT2D eigenvalue weighted by Crippen LogP contribution is 2.23. The van der Waals surface area contributed by atoms with Gasteiger partial charge < -0.3 is 10.1 Å². The average molecular weight is 234 g/mol. The zero-order valence-electron chi connectivity index (χ0n) is 10.8. The molecule has 1 heterocycles. The van der Waals surface area contributed by atoms with Gasteiger partial charge in [0.1, 0.15) is 5.75 Å². The summed E-state index contributed by atoms with van der Waals surface area (Å²) in [5.41, 5.74) is 1.38. The van der Waals surface area contributed by atoms with Crippen molar-refractivity contribution in [3.05, 3.63) is 29.8 Å². The summed E-state index contributed by atoms with van der Waals surface area (Å²) in [6.45, 7) is 9.35. The van der Waals surface area contributed by atoms with Crippen LogP contribution in [-0.2, 0) is 0 Å². The molecule has 1 fully saturated rings. The van der Waals surface area contributed by atoms with Gasteiger partial charge in [0.15, 0.2) is 0 Å². The molecule has 0 radical (unpaired) electrons. The predicted molar refractivity (Wildman–Crippen MR) is 70.5 cm³/mol. The van der Waals surface area contributed by atoms with Crippen molar-refractivity contribution in [3.8, 4) is 5.75 Å². The number of hydrogen-bond donors (Lipinski definition) is 1. The highest BCUT2D eigenvalue weighted by Gasteiger charge is 2.21. The summed E-state index contributed by atoms with van der Waals surface area (Å²) in [6.07, 6.45) is 0. The summed E-state index contributed by atoms with van der Waals surface area (Å²) in [5, 5.41) is 3.46. The van der Waals surface area contributed by atoms with Crippen LogP contribution in [0.2, 0.25) is 0 Å². The van der Waals surface area contributed by atoms with E-state index in [1.54, 1.807) is 0 Å². The second-order valence-electron chi connectivity index (χ2n) is 4.35. The van der Waals surface area contributed by atoms with Crippen molar-refractivity contribution in [1.82, 2.24) is 10.2 Å². The molecule has 0 saturated carbocycles. The number of ether oxygens (including phenoxy) is 1. The molecular formula is C14H22N2O. The third-order valence-electron chi connectivity index (χ3n) is 3.34. The van der Waals surface area contributed by atoms with Gasteiger partial charge in [-0.05, 0) is 31.2 Å². The predicted octanol–water partition coefficient (Wildman–Crippen LogP) is 2.05. The normalized spacial score (nSPS) is 21.4. The monoisotopic (exact) mass is 234 g/mol. The lowest BCUT2D eigenvalue weighted by atomic mass is 10.0. The molecule has 1 saturated heterocycles. The summed E-state index contributed by atoms with van der Waals surface area (Å²) >= 11 is 0. The van der Waals surface area contributed by atoms with Gasteiger partial charge >= 0.3 is 0 Å². The first-order valence-electron chi connectivity index (χ1n) is 6.52. The molecule has 0 amide bonds. The van der Waals surface area contributed by atoms with Gasteiger partial charge in [-0.1, -0.05) is 19.1 Å². The number of nitrogens with zero attached hydrogens (tertiary/aromatic N) is 1. The van der Waals surface area contributed by atoms with Crippen LogP contribution in [0.15, 0.2) is 24.3 Å². The first-order valence-corrected chi connectivity index (χ1v) is 6.52. The van der Waals surface area contributed by atoms with Crippen molar-refractivity contribution >= 4 is 0 Å². The molecule has 1 aliphatic heterocycles. The number of hydrogen-bond acceptors (Lipinski definition) is 3. The van der Waals surface area contributed by atoms with E-state index >= 15 is 0 Å². The third-order valence-corrected chi connectivity index (χ3v) is 3.34. The number of benzene rings is 1. The Hall–Kier alpha value is -1.06. The van der Waals surface area contributed by atoms with Crippen LogP contribution in [0.3, 0.4) is 0 Å². The highest BCUT2D eigenvalue weighted by atomic mass is 16.5. The molecule has 3 nitrogen and oxygen atoms in total. The Morgan fingerprint density at radius 3 is 2.71 bits per heavy atom. The van der Waals surface area contributed by atoms with E-state index in [1.807, 2.05) is 6.92 Å². The van der Waals surface area contributed by atoms with Crippen LogP contribution in [0.4, 0.5) is 0 Å². The first kappa shape index (κ1) is 12.4. The molecule has 1 aliphatic rings. The fourth-order valence-electron chi connectivity index (χ4n) is 2.41. The van der Waals surface area contributed by atoms with Crippen LogP contribution in [0, 0.1) is 0 Å². The van der Waals surface area contributed by atoms with Gasteiger partial charge in [0.05, 0.1) is 6.61 Å². The van der Waals surface area contributed by atoms with Crippen molar-refractivity contribution < 1.29 is 4.74 Å². The molecule has 94 valence electrons. The van der Waals surface area contributed by atoms with E-state index in [0.29, 0.717) is 6.04 Å². The third kappa shape index (κ3) is 2.99. The Morgan fingerprint density at radius 1 is 1.29 bits per heavy atom. The summed E-state index contributed by atoms with van der Waals surface area (Å²) in [5.74, 6) is 0.961. The maximum absolute atomic E-state index is 5.47. The molecular weight excluding hydrogens is 212 g/mol. The minimum absolute atomic E-state index is 0.504. The average Bonchev–Trinajstić information content (AvgIpc) is 2.40. The summed E-state index contributed by atoms with van der Waals surface area (Å²) in [4.78, 5) is 2.52. The second kappa shape index (κ2) is 6.03. The highest BCUT2D eigenvalue weighted by molar-refractivity contribution is 5.29. The van der Waals surface area contributed by atoms with Crippen molar-refractivity contribution in [2.24, 2.45) is 0 Å². The number of nitrogens with one attached hydrogen (secondary N) is 1. The molecule has 0 aromatic heterocycles. The molecule has 3 heteroatoms. The lowest BCUT2D eigenvalue weighted by Gasteiger charge is -2.35. The van der Waals surface area contributed by atoms with Gasteiger partial charge in [-0.2, -0.15) is 0 Å². The number of likely N-dealkylation sites (N-methyl/N-ethyl adjacent to an activating group) is 1. The van der Waals surface area contributed by atoms with Gasteiger partial charge in [0.2, 0.25) is 0 Å². The van der Waals surface area contributed by atoms with Gasteiger partial charge in [-0.25, -0.2) is 0 Å². The van der Waals surface area contributed by atoms with Crippen LogP contribution >= 0.6 is 0 Å². The molecule has 1 atom stereocenters. The van der Waals surface area contributed by atoms with Gasteiger partial charge in [-0.3, -0.25) is 4.90 Å². The first-order chi connectivity index (χ1) is 8.35. The molecule has 0 bridgehead atoms. The molecule has 1 aromatic carbocycles. The van der Waals surface area contributed by atoms with Crippen LogP contribution < -0.4 is 10.1 Å². The molecule has 17 heavy (non-hydrogen) atoms. The van der Waals surface area contributed by atoms with E-state index in [1.165, 1.54) is 5.56 Å². The van der Waals surface area contributed by atoms with E-state index in [0.717, 1.165) is 38.5 Å². The molecule has 1 unspecified atom stereocenters. The Morgan fingerprint density at radius 2 is 2.06 bits per heavy atom. The van der Waals surface area contributed by atoms with Crippen molar-refractivity contribution in [3.63, 3.8) is 0 Å². The molecule has 1 aromatic rings. The van der Waals surface area contributed by atoms with E-state index in [9.17, 15) is 0 Å². The summed E-state index contributed by atoms with van der Waals surface area (Å²) < 4.78 is 5.47. The van der Waals surface area contributed by atoms with E-state index in [4.69, 9.17) is 4.74 Å². The van der Waals surface area contributed by atoms with Crippen molar-refractivity contribution in [2.45, 2.75) is 19.9 Å². The second-order valence-corrected chi connectivity index (χ2v) is 4.35. The Balaban J connectivity index is 2.09. The fraction of sp³-hybridized carbons (Fsp3) is 0.571. The zero-order valence-corrected chi connectivity index (χ0v) is 10.8. The molecule has 1 N–H and O–H groups in total. The Kier molecular flexibility index (Phi) is 4.40. The largest absolute Gasteiger partial charge is 0.494 e.